The molecule has 0 spiro atoms. The van der Waals surface area contributed by atoms with Crippen LogP contribution in [0.15, 0.2) is 92.5 Å². The van der Waals surface area contributed by atoms with E-state index in [1.54, 1.807) is 91.0 Å². The highest BCUT2D eigenvalue weighted by molar-refractivity contribution is 6.67. The Bertz CT molecular complexity index is 1950. The van der Waals surface area contributed by atoms with Crippen LogP contribution in [0.25, 0.3) is 18.2 Å². The maximum atomic E-state index is 12.3. The van der Waals surface area contributed by atoms with Crippen molar-refractivity contribution >= 4 is 76.7 Å². The van der Waals surface area contributed by atoms with Crippen molar-refractivity contribution in [3.05, 3.63) is 126 Å². The minimum absolute atomic E-state index is 0.126. The molecule has 19 heteroatoms. The number of alkyl halides is 1. The van der Waals surface area contributed by atoms with Gasteiger partial charge in [0.25, 0.3) is 5.24 Å². The number of amides is 6. The molecule has 0 radical (unpaired) electrons. The van der Waals surface area contributed by atoms with Gasteiger partial charge < -0.3 is 45.3 Å². The smallest absolute Gasteiger partial charge is 0.338 e. The normalized spacial score (nSPS) is 14.8. The third-order valence-electron chi connectivity index (χ3n) is 8.62. The first-order valence-corrected chi connectivity index (χ1v) is 20.7. The van der Waals surface area contributed by atoms with Gasteiger partial charge in [0.1, 0.15) is 25.7 Å². The van der Waals surface area contributed by atoms with E-state index in [0.717, 1.165) is 22.6 Å². The Morgan fingerprint density at radius 3 is 1.28 bits per heavy atom. The van der Waals surface area contributed by atoms with Gasteiger partial charge in [0.05, 0.1) is 43.4 Å². The summed E-state index contributed by atoms with van der Waals surface area (Å²) in [6.07, 6.45) is 3.90. The Morgan fingerprint density at radius 1 is 0.641 bits per heavy atom. The lowest BCUT2D eigenvalue weighted by molar-refractivity contribution is -0.0401. The predicted molar refractivity (Wildman–Crippen MR) is 246 cm³/mol. The number of urea groups is 3. The van der Waals surface area contributed by atoms with Crippen molar-refractivity contribution in [2.75, 3.05) is 72.8 Å². The monoisotopic (exact) mass is 926 g/mol. The van der Waals surface area contributed by atoms with Gasteiger partial charge in [0.2, 0.25) is 0 Å². The number of hydrogen-bond acceptors (Lipinski definition) is 11. The van der Waals surface area contributed by atoms with E-state index in [9.17, 15) is 28.8 Å². The third-order valence-corrected chi connectivity index (χ3v) is 8.84. The second-order valence-corrected chi connectivity index (χ2v) is 14.4. The van der Waals surface area contributed by atoms with E-state index in [4.69, 9.17) is 47.3 Å². The molecule has 346 valence electrons. The number of esters is 2. The number of aliphatic hydroxyl groups is 1. The molecule has 3 aliphatic rings. The molecule has 5 N–H and O–H groups in total. The van der Waals surface area contributed by atoms with Crippen LogP contribution in [-0.2, 0) is 18.9 Å². The first-order valence-electron chi connectivity index (χ1n) is 19.8. The largest absolute Gasteiger partial charge is 0.455 e. The van der Waals surface area contributed by atoms with E-state index in [0.29, 0.717) is 42.9 Å². The van der Waals surface area contributed by atoms with Crippen molar-refractivity contribution in [1.29, 1.82) is 0 Å². The van der Waals surface area contributed by atoms with E-state index in [-0.39, 0.29) is 50.7 Å². The Hall–Kier alpha value is -6.24. The average molecular weight is 928 g/mol. The minimum Gasteiger partial charge on any atom is -0.455 e. The summed E-state index contributed by atoms with van der Waals surface area (Å²) in [7, 11) is 3.01. The van der Waals surface area contributed by atoms with Crippen LogP contribution in [0.3, 0.4) is 0 Å². The van der Waals surface area contributed by atoms with Crippen molar-refractivity contribution in [2.45, 2.75) is 25.2 Å². The van der Waals surface area contributed by atoms with E-state index in [1.165, 1.54) is 24.0 Å². The molecule has 3 aromatic rings. The zero-order chi connectivity index (χ0) is 47.4. The molecule has 0 aromatic heterocycles. The van der Waals surface area contributed by atoms with Gasteiger partial charge in [0, 0.05) is 38.8 Å². The molecule has 3 saturated heterocycles. The summed E-state index contributed by atoms with van der Waals surface area (Å²) >= 11 is 10.2. The van der Waals surface area contributed by atoms with Crippen molar-refractivity contribution in [2.24, 2.45) is 0 Å². The number of nitrogens with zero attached hydrogens (tertiary/aromatic N) is 2. The Morgan fingerprint density at radius 2 is 0.969 bits per heavy atom. The van der Waals surface area contributed by atoms with Crippen molar-refractivity contribution in [3.63, 3.8) is 0 Å². The highest BCUT2D eigenvalue weighted by atomic mass is 35.5. The van der Waals surface area contributed by atoms with Gasteiger partial charge in [-0.25, -0.2) is 24.0 Å². The van der Waals surface area contributed by atoms with Crippen LogP contribution in [0, 0.1) is 0 Å². The molecule has 3 aliphatic heterocycles. The fourth-order valence-electron chi connectivity index (χ4n) is 5.39. The number of aliphatic hydroxyl groups excluding tert-OH is 1. The molecule has 3 aromatic carbocycles. The van der Waals surface area contributed by atoms with Gasteiger partial charge in [-0.2, -0.15) is 0 Å². The summed E-state index contributed by atoms with van der Waals surface area (Å²) in [5.74, 6) is -0.103. The molecule has 3 heterocycles. The minimum atomic E-state index is -0.459. The molecule has 6 amide bonds. The number of nitrogens with one attached hydrogen (secondary N) is 4. The van der Waals surface area contributed by atoms with E-state index in [2.05, 4.69) is 41.0 Å². The van der Waals surface area contributed by atoms with Crippen LogP contribution in [-0.4, -0.2) is 141 Å². The molecule has 0 atom stereocenters. The zero-order valence-corrected chi connectivity index (χ0v) is 37.6. The lowest BCUT2D eigenvalue weighted by Crippen LogP contribution is -2.57. The third kappa shape index (κ3) is 19.9. The number of halogens is 2. The predicted octanol–water partition coefficient (Wildman–Crippen LogP) is 5.58. The lowest BCUT2D eigenvalue weighted by atomic mass is 10.1. The number of methoxy groups -OCH3 is 2. The molecule has 0 unspecified atom stereocenters. The number of ether oxygens (including phenoxy) is 4. The number of carbonyl (C=O) groups is 6. The van der Waals surface area contributed by atoms with Crippen molar-refractivity contribution in [1.82, 2.24) is 31.1 Å². The van der Waals surface area contributed by atoms with Gasteiger partial charge >= 0.3 is 30.0 Å². The molecule has 0 bridgehead atoms. The molecule has 17 nitrogen and oxygen atoms in total. The summed E-state index contributed by atoms with van der Waals surface area (Å²) in [5, 5.41) is 18.3. The van der Waals surface area contributed by atoms with Crippen molar-refractivity contribution < 1.29 is 52.8 Å². The highest BCUT2D eigenvalue weighted by Gasteiger charge is 2.34. The zero-order valence-electron chi connectivity index (χ0n) is 36.1. The van der Waals surface area contributed by atoms with Gasteiger partial charge in [-0.15, -0.1) is 11.6 Å². The quantitative estimate of drug-likeness (QED) is 0.0859. The standard InChI is InChI=1S/C17H22N2O5.C13H14N2O3.C9H7ClO.C4H8N2O2.C2H5Cl/c1-4-13-5-7-14(8-6-13)16(20)24-15-9-18(11-22-2)17(21)19(10-15)12-23-3;1-2-9-3-5-10(6-4-9)12(16)18-11-7-14-13(17)15-8-11;1-2-7-3-5-8(6-4-7)9(10)11;7-3-1-5-4(8)6-2-3;1-2-3/h4-8,15H,1,9-12H2,2-3H3;2-6,11H,1,7-8H2,(H2,14,15,17);2-6H,1H2;3,7H,1-2H2,(H2,5,6,8);2H2,1H3. The molecule has 0 aliphatic carbocycles. The van der Waals surface area contributed by atoms with Crippen molar-refractivity contribution in [3.8, 4) is 0 Å². The number of hydrogen-bond donors (Lipinski definition) is 5. The number of benzene rings is 3. The van der Waals surface area contributed by atoms with Gasteiger partial charge in [-0.3, -0.25) is 14.6 Å². The number of β-amino-alcohol motifs (C(OH)–C–C–N with tert-alkyl or cyclic N) is 1. The summed E-state index contributed by atoms with van der Waals surface area (Å²) < 4.78 is 20.9. The number of rotatable bonds is 12. The topological polar surface area (TPSA) is 214 Å². The average Bonchev–Trinajstić information content (AvgIpc) is 3.30. The van der Waals surface area contributed by atoms with Gasteiger partial charge in [-0.1, -0.05) is 81.3 Å². The Kier molecular flexibility index (Phi) is 25.2. The van der Waals surface area contributed by atoms with Crippen LogP contribution in [0.1, 0.15) is 54.7 Å². The maximum absolute atomic E-state index is 12.3. The van der Waals surface area contributed by atoms with E-state index in [1.807, 2.05) is 6.92 Å². The SMILES string of the molecule is C=Cc1ccc(C(=O)Cl)cc1.C=Cc1ccc(C(=O)OC2CN(COC)C(=O)N(COC)C2)cc1.C=Cc1ccc(C(=O)OC2CNC(=O)NC2)cc1.CCCl.O=C1NCC(O)CN1. The van der Waals surface area contributed by atoms with Crippen LogP contribution in [0.5, 0.6) is 0 Å². The maximum Gasteiger partial charge on any atom is 0.338 e. The Labute approximate surface area is 383 Å². The number of carbonyl (C=O) groups excluding carboxylic acids is 6. The first kappa shape index (κ1) is 53.9. The first-order chi connectivity index (χ1) is 30.7. The van der Waals surface area contributed by atoms with E-state index < -0.39 is 29.4 Å². The Balaban J connectivity index is 0.000000308. The molecule has 64 heavy (non-hydrogen) atoms. The molecule has 0 saturated carbocycles. The summed E-state index contributed by atoms with van der Waals surface area (Å²) in [6, 6.07) is 20.2. The summed E-state index contributed by atoms with van der Waals surface area (Å²) in [5.41, 5.74) is 4.29. The van der Waals surface area contributed by atoms with Gasteiger partial charge in [-0.05, 0) is 64.7 Å². The lowest BCUT2D eigenvalue weighted by Gasteiger charge is -2.38. The van der Waals surface area contributed by atoms with Crippen LogP contribution in [0.2, 0.25) is 0 Å². The van der Waals surface area contributed by atoms with Crippen LogP contribution in [0.4, 0.5) is 14.4 Å². The van der Waals surface area contributed by atoms with Crippen LogP contribution < -0.4 is 21.3 Å². The fourth-order valence-corrected chi connectivity index (χ4v) is 5.52. The van der Waals surface area contributed by atoms with Crippen LogP contribution >= 0.6 is 23.2 Å². The van der Waals surface area contributed by atoms with Gasteiger partial charge in [0.15, 0.2) is 0 Å². The van der Waals surface area contributed by atoms with E-state index >= 15 is 0 Å². The summed E-state index contributed by atoms with van der Waals surface area (Å²) in [6.45, 7) is 15.0. The highest BCUT2D eigenvalue weighted by Crippen LogP contribution is 2.15. The second-order valence-electron chi connectivity index (χ2n) is 13.5. The molecular formula is C45H56Cl2N6O11. The second kappa shape index (κ2) is 30.0. The molecule has 3 fully saturated rings. The molecule has 6 rings (SSSR count). The fraction of sp³-hybridized carbons (Fsp3) is 0.333. The summed E-state index contributed by atoms with van der Waals surface area (Å²) in [4.78, 5) is 71.0. The molecular weight excluding hydrogens is 871 g/mol.